The van der Waals surface area contributed by atoms with Crippen molar-refractivity contribution < 1.29 is 136 Å². The van der Waals surface area contributed by atoms with E-state index in [4.69, 9.17) is 33.2 Å². The molecule has 0 aromatic rings. The molecule has 3 amide bonds. The van der Waals surface area contributed by atoms with Gasteiger partial charge in [0.25, 0.3) is 5.79 Å². The molecule has 0 aromatic carbocycles. The number of rotatable bonds is 19. The number of hydrogen-bond acceptors (Lipinski definition) is 26. The van der Waals surface area contributed by atoms with Gasteiger partial charge in [0, 0.05) is 20.3 Å². The third-order valence-corrected chi connectivity index (χ3v) is 11.1. The standard InChI is InChI=1S/C33H55N3O28S/c1-9(41)34-18-23(49)25(15(8-57-65(54,55)56)60-30(18)62-26-19(35-10(2)42)29(51)58-13(5-38)21(26)47)61-31-24(50)28(22(48)14(6-39)59-31)64-33(32(52)53)3-11(43)17(36-16(45)7-40)27(63-33)20(46)12(44)4-37/h11-15,17-31,37-40,43-44,46-51H,3-8H2,1-2H3,(H,34,41)(H,35,42)(H,36,45)(H,52,53)(H,54,55,56)/t11-,12+,13+,14+,15+,17+,18+,19+,20+,21-,22-,23+,24+,25+,26+,27+,28-,29?,30-,31-,33-/m0/s1. The Morgan fingerprint density at radius 2 is 1.28 bits per heavy atom. The summed E-state index contributed by atoms with van der Waals surface area (Å²) < 4.78 is 76.6. The Labute approximate surface area is 367 Å². The van der Waals surface area contributed by atoms with Gasteiger partial charge in [0.15, 0.2) is 18.9 Å². The minimum Gasteiger partial charge on any atom is -0.477 e. The average molecular weight is 974 g/mol. The summed E-state index contributed by atoms with van der Waals surface area (Å²) in [6.07, 6.45) is -37.2. The fourth-order valence-electron chi connectivity index (χ4n) is 7.59. The van der Waals surface area contributed by atoms with E-state index in [1.54, 1.807) is 0 Å². The molecule has 32 heteroatoms. The molecule has 0 bridgehead atoms. The Bertz CT molecular complexity index is 1730. The topological polar surface area (TPSA) is 496 Å². The quantitative estimate of drug-likeness (QED) is 0.0534. The summed E-state index contributed by atoms with van der Waals surface area (Å²) in [7, 11) is -5.36. The first kappa shape index (κ1) is 54.6. The van der Waals surface area contributed by atoms with Gasteiger partial charge in [-0.15, -0.1) is 0 Å². The molecule has 376 valence electrons. The SMILES string of the molecule is CC(=O)N[C@H]1[C@H](O[C@H]2[C@@H](O)[C@@H](CO)OC(O)[C@@H]2NC(C)=O)O[C@H](COS(=O)(=O)O)[C@@H](O[C@@H]2O[C@H](CO)[C@H](O)[C@H](O[C@]3(C(=O)O)C[C@H](O)[C@@H](NC(=O)CO)[C@H]([C@H](O)[C@H](O)CO)O3)[C@H]2O)[C@@H]1O. The number of hydrogen-bond donors (Lipinski definition) is 17. The van der Waals surface area contributed by atoms with E-state index in [0.717, 1.165) is 13.8 Å². The second-order valence-electron chi connectivity index (χ2n) is 15.3. The number of carbonyl (C=O) groups is 4. The van der Waals surface area contributed by atoms with Crippen LogP contribution in [0.5, 0.6) is 0 Å². The first-order valence-electron chi connectivity index (χ1n) is 19.5. The Morgan fingerprint density at radius 3 is 1.82 bits per heavy atom. The number of carboxylic acid groups (broad SMARTS) is 1. The van der Waals surface area contributed by atoms with Crippen molar-refractivity contribution in [3.63, 3.8) is 0 Å². The number of amides is 3. The number of aliphatic hydroxyl groups is 12. The number of aliphatic hydroxyl groups excluding tert-OH is 12. The Balaban J connectivity index is 1.73. The molecule has 0 aliphatic carbocycles. The molecule has 4 rings (SSSR count). The van der Waals surface area contributed by atoms with E-state index < -0.39 is 202 Å². The average Bonchev–Trinajstić information content (AvgIpc) is 3.23. The van der Waals surface area contributed by atoms with E-state index in [9.17, 15) is 98.5 Å². The number of carboxylic acids is 1. The maximum absolute atomic E-state index is 12.9. The summed E-state index contributed by atoms with van der Waals surface area (Å²) in [6.45, 7) is -3.85. The summed E-state index contributed by atoms with van der Waals surface area (Å²) in [5.41, 5.74) is 0. The highest BCUT2D eigenvalue weighted by Crippen LogP contribution is 2.39. The van der Waals surface area contributed by atoms with Crippen LogP contribution < -0.4 is 16.0 Å². The van der Waals surface area contributed by atoms with Gasteiger partial charge in [-0.25, -0.2) is 8.98 Å². The zero-order valence-electron chi connectivity index (χ0n) is 34.2. The van der Waals surface area contributed by atoms with E-state index in [2.05, 4.69) is 20.1 Å². The lowest BCUT2D eigenvalue weighted by Crippen LogP contribution is -2.71. The van der Waals surface area contributed by atoms with Gasteiger partial charge < -0.3 is 115 Å². The first-order valence-corrected chi connectivity index (χ1v) is 20.9. The van der Waals surface area contributed by atoms with E-state index in [0.29, 0.717) is 0 Å². The smallest absolute Gasteiger partial charge is 0.397 e. The lowest BCUT2D eigenvalue weighted by atomic mass is 9.88. The van der Waals surface area contributed by atoms with Crippen molar-refractivity contribution in [1.29, 1.82) is 0 Å². The van der Waals surface area contributed by atoms with E-state index in [1.165, 1.54) is 0 Å². The van der Waals surface area contributed by atoms with Crippen LogP contribution in [0.1, 0.15) is 20.3 Å². The fraction of sp³-hybridized carbons (Fsp3) is 0.879. The summed E-state index contributed by atoms with van der Waals surface area (Å²) in [4.78, 5) is 49.5. The highest BCUT2D eigenvalue weighted by Gasteiger charge is 2.61. The molecule has 65 heavy (non-hydrogen) atoms. The summed E-state index contributed by atoms with van der Waals surface area (Å²) in [5.74, 6) is -8.33. The van der Waals surface area contributed by atoms with Crippen LogP contribution in [0.25, 0.3) is 0 Å². The first-order chi connectivity index (χ1) is 30.3. The fourth-order valence-corrected chi connectivity index (χ4v) is 7.90. The molecule has 4 fully saturated rings. The normalized spacial score (nSPS) is 41.2. The lowest BCUT2D eigenvalue weighted by molar-refractivity contribution is -0.385. The van der Waals surface area contributed by atoms with Crippen LogP contribution in [0, 0.1) is 0 Å². The number of ether oxygens (including phenoxy) is 7. The number of nitrogens with one attached hydrogen (secondary N) is 3. The van der Waals surface area contributed by atoms with Crippen LogP contribution >= 0.6 is 0 Å². The third-order valence-electron chi connectivity index (χ3n) is 10.7. The van der Waals surface area contributed by atoms with Crippen molar-refractivity contribution in [3.05, 3.63) is 0 Å². The maximum Gasteiger partial charge on any atom is 0.397 e. The number of carbonyl (C=O) groups excluding carboxylic acids is 3. The molecule has 0 aromatic heterocycles. The van der Waals surface area contributed by atoms with Gasteiger partial charge in [-0.1, -0.05) is 0 Å². The zero-order valence-corrected chi connectivity index (χ0v) is 35.0. The molecule has 0 radical (unpaired) electrons. The van der Waals surface area contributed by atoms with Gasteiger partial charge in [-0.3, -0.25) is 18.9 Å². The predicted molar refractivity (Wildman–Crippen MR) is 198 cm³/mol. The second kappa shape index (κ2) is 22.9. The van der Waals surface area contributed by atoms with Crippen molar-refractivity contribution in [3.8, 4) is 0 Å². The van der Waals surface area contributed by atoms with E-state index in [1.807, 2.05) is 0 Å². The Kier molecular flexibility index (Phi) is 19.2. The van der Waals surface area contributed by atoms with Crippen molar-refractivity contribution in [2.45, 2.75) is 149 Å². The van der Waals surface area contributed by atoms with E-state index in [-0.39, 0.29) is 0 Å². The third kappa shape index (κ3) is 13.0. The van der Waals surface area contributed by atoms with Crippen LogP contribution in [0.2, 0.25) is 0 Å². The van der Waals surface area contributed by atoms with Crippen molar-refractivity contribution in [1.82, 2.24) is 16.0 Å². The summed E-state index contributed by atoms with van der Waals surface area (Å²) in [5, 5.41) is 144. The molecule has 4 aliphatic rings. The molecule has 4 heterocycles. The van der Waals surface area contributed by atoms with E-state index >= 15 is 0 Å². The summed E-state index contributed by atoms with van der Waals surface area (Å²) >= 11 is 0. The van der Waals surface area contributed by atoms with Gasteiger partial charge in [-0.2, -0.15) is 8.42 Å². The van der Waals surface area contributed by atoms with Crippen molar-refractivity contribution >= 4 is 34.1 Å². The molecule has 0 spiro atoms. The van der Waals surface area contributed by atoms with Gasteiger partial charge in [0.2, 0.25) is 17.7 Å². The number of aliphatic carboxylic acids is 1. The molecular weight excluding hydrogens is 918 g/mol. The van der Waals surface area contributed by atoms with Crippen LogP contribution in [-0.2, 0) is 66.9 Å². The second-order valence-corrected chi connectivity index (χ2v) is 16.4. The Morgan fingerprint density at radius 1 is 0.723 bits per heavy atom. The molecule has 17 N–H and O–H groups in total. The monoisotopic (exact) mass is 973 g/mol. The maximum atomic E-state index is 12.9. The highest BCUT2D eigenvalue weighted by atomic mass is 32.3. The molecule has 21 atom stereocenters. The van der Waals surface area contributed by atoms with Gasteiger partial charge in [-0.05, 0) is 0 Å². The molecule has 4 saturated heterocycles. The summed E-state index contributed by atoms with van der Waals surface area (Å²) in [6, 6.07) is -5.37. The molecule has 4 aliphatic heterocycles. The Hall–Kier alpha value is -3.01. The van der Waals surface area contributed by atoms with Gasteiger partial charge in [0.05, 0.1) is 38.6 Å². The lowest BCUT2D eigenvalue weighted by Gasteiger charge is -2.51. The highest BCUT2D eigenvalue weighted by molar-refractivity contribution is 7.80. The molecule has 31 nitrogen and oxygen atoms in total. The van der Waals surface area contributed by atoms with Crippen LogP contribution in [0.3, 0.4) is 0 Å². The van der Waals surface area contributed by atoms with Crippen LogP contribution in [0.15, 0.2) is 0 Å². The molecule has 1 unspecified atom stereocenters. The molecule has 0 saturated carbocycles. The minimum absolute atomic E-state index is 0.800. The van der Waals surface area contributed by atoms with Crippen molar-refractivity contribution in [2.24, 2.45) is 0 Å². The minimum atomic E-state index is -5.36. The van der Waals surface area contributed by atoms with Crippen LogP contribution in [-0.4, -0.2) is 264 Å². The largest absolute Gasteiger partial charge is 0.477 e. The zero-order chi connectivity index (χ0) is 48.9. The molecular formula is C33H55N3O28S. The van der Waals surface area contributed by atoms with Gasteiger partial charge >= 0.3 is 16.4 Å². The van der Waals surface area contributed by atoms with Gasteiger partial charge in [0.1, 0.15) is 98.0 Å². The van der Waals surface area contributed by atoms with Crippen LogP contribution in [0.4, 0.5) is 0 Å². The predicted octanol–water partition coefficient (Wildman–Crippen LogP) is -11.3. The van der Waals surface area contributed by atoms with Crippen molar-refractivity contribution in [2.75, 3.05) is 33.0 Å².